The lowest BCUT2D eigenvalue weighted by atomic mass is 10.1. The second kappa shape index (κ2) is 9.51. The summed E-state index contributed by atoms with van der Waals surface area (Å²) in [5.74, 6) is -2.08. The van der Waals surface area contributed by atoms with Crippen molar-refractivity contribution in [2.75, 3.05) is 22.5 Å². The molecule has 0 saturated heterocycles. The molecule has 1 amide bonds. The second-order valence-corrected chi connectivity index (χ2v) is 8.05. The number of anilines is 2. The van der Waals surface area contributed by atoms with E-state index in [1.165, 1.54) is 30.3 Å². The first kappa shape index (κ1) is 22.4. The van der Waals surface area contributed by atoms with Gasteiger partial charge in [-0.05, 0) is 37.6 Å². The van der Waals surface area contributed by atoms with Crippen LogP contribution in [0.4, 0.5) is 15.8 Å². The number of hydrogen-bond acceptors (Lipinski definition) is 5. The van der Waals surface area contributed by atoms with Crippen LogP contribution in [0.15, 0.2) is 48.5 Å². The maximum absolute atomic E-state index is 14.3. The van der Waals surface area contributed by atoms with Gasteiger partial charge in [0.2, 0.25) is 15.9 Å². The van der Waals surface area contributed by atoms with Crippen molar-refractivity contribution >= 4 is 33.3 Å². The van der Waals surface area contributed by atoms with E-state index in [1.807, 2.05) is 0 Å². The first-order valence-corrected chi connectivity index (χ1v) is 10.9. The summed E-state index contributed by atoms with van der Waals surface area (Å²) < 4.78 is 44.9. The molecule has 2 rings (SSSR count). The van der Waals surface area contributed by atoms with Crippen molar-refractivity contribution in [3.8, 4) is 0 Å². The normalized spacial score (nSPS) is 12.1. The quantitative estimate of drug-likeness (QED) is 0.660. The van der Waals surface area contributed by atoms with Crippen molar-refractivity contribution in [1.82, 2.24) is 0 Å². The van der Waals surface area contributed by atoms with E-state index in [9.17, 15) is 22.4 Å². The second-order valence-electron chi connectivity index (χ2n) is 6.19. The largest absolute Gasteiger partial charge is 0.462 e. The van der Waals surface area contributed by atoms with Crippen molar-refractivity contribution in [2.24, 2.45) is 0 Å². The van der Waals surface area contributed by atoms with Gasteiger partial charge in [0.05, 0.1) is 29.8 Å². The Morgan fingerprint density at radius 1 is 1.10 bits per heavy atom. The lowest BCUT2D eigenvalue weighted by Crippen LogP contribution is -2.47. The Hall–Kier alpha value is -2.94. The topological polar surface area (TPSA) is 92.8 Å². The van der Waals surface area contributed by atoms with Crippen molar-refractivity contribution in [3.63, 3.8) is 0 Å². The maximum Gasteiger partial charge on any atom is 0.340 e. The van der Waals surface area contributed by atoms with E-state index in [0.29, 0.717) is 0 Å². The van der Waals surface area contributed by atoms with Gasteiger partial charge in [0.15, 0.2) is 0 Å². The minimum Gasteiger partial charge on any atom is -0.462 e. The number of hydrogen-bond donors (Lipinski definition) is 1. The molecule has 0 fully saturated rings. The van der Waals surface area contributed by atoms with E-state index >= 15 is 0 Å². The zero-order valence-electron chi connectivity index (χ0n) is 16.4. The van der Waals surface area contributed by atoms with Gasteiger partial charge in [-0.3, -0.25) is 9.10 Å². The monoisotopic (exact) mass is 422 g/mol. The summed E-state index contributed by atoms with van der Waals surface area (Å²) in [6, 6.07) is 10.3. The molecule has 2 aromatic rings. The van der Waals surface area contributed by atoms with Gasteiger partial charge in [-0.1, -0.05) is 31.2 Å². The molecule has 1 atom stereocenters. The van der Waals surface area contributed by atoms with E-state index in [2.05, 4.69) is 5.32 Å². The van der Waals surface area contributed by atoms with E-state index in [1.54, 1.807) is 26.0 Å². The molecule has 0 aliphatic carbocycles. The van der Waals surface area contributed by atoms with Crippen molar-refractivity contribution in [2.45, 2.75) is 26.3 Å². The average Bonchev–Trinajstić information content (AvgIpc) is 2.66. The zero-order chi connectivity index (χ0) is 21.6. The highest BCUT2D eigenvalue weighted by Crippen LogP contribution is 2.26. The average molecular weight is 422 g/mol. The zero-order valence-corrected chi connectivity index (χ0v) is 17.2. The number of para-hydroxylation sites is 2. The van der Waals surface area contributed by atoms with Crippen LogP contribution in [0.1, 0.15) is 30.6 Å². The Labute approximate surface area is 169 Å². The summed E-state index contributed by atoms with van der Waals surface area (Å²) in [4.78, 5) is 25.1. The lowest BCUT2D eigenvalue weighted by Gasteiger charge is -2.30. The van der Waals surface area contributed by atoms with Crippen molar-refractivity contribution in [1.29, 1.82) is 0 Å². The summed E-state index contributed by atoms with van der Waals surface area (Å²) in [6.07, 6.45) is 0.983. The first-order valence-electron chi connectivity index (χ1n) is 9.01. The van der Waals surface area contributed by atoms with Gasteiger partial charge in [0.1, 0.15) is 11.9 Å². The van der Waals surface area contributed by atoms with Gasteiger partial charge >= 0.3 is 5.97 Å². The third kappa shape index (κ3) is 5.32. The summed E-state index contributed by atoms with van der Waals surface area (Å²) in [6.45, 7) is 3.43. The van der Waals surface area contributed by atoms with Crippen LogP contribution in [0.25, 0.3) is 0 Å². The van der Waals surface area contributed by atoms with Crippen LogP contribution in [0, 0.1) is 5.82 Å². The van der Waals surface area contributed by atoms with E-state index in [0.717, 1.165) is 16.6 Å². The predicted octanol–water partition coefficient (Wildman–Crippen LogP) is 3.19. The van der Waals surface area contributed by atoms with E-state index in [-0.39, 0.29) is 30.0 Å². The maximum atomic E-state index is 14.3. The van der Waals surface area contributed by atoms with Crippen LogP contribution in [-0.2, 0) is 19.6 Å². The number of benzene rings is 2. The minimum absolute atomic E-state index is 0.0782. The van der Waals surface area contributed by atoms with Gasteiger partial charge in [-0.15, -0.1) is 0 Å². The number of ether oxygens (including phenoxy) is 1. The number of nitrogens with zero attached hydrogens (tertiary/aromatic N) is 1. The Kier molecular flexibility index (Phi) is 7.33. The highest BCUT2D eigenvalue weighted by atomic mass is 32.2. The van der Waals surface area contributed by atoms with Crippen LogP contribution in [0.2, 0.25) is 0 Å². The lowest BCUT2D eigenvalue weighted by molar-refractivity contribution is -0.117. The fraction of sp³-hybridized carbons (Fsp3) is 0.300. The molecule has 1 N–H and O–H groups in total. The number of carbonyl (C=O) groups is 2. The molecule has 29 heavy (non-hydrogen) atoms. The molecule has 2 aromatic carbocycles. The molecule has 0 spiro atoms. The molecule has 9 heteroatoms. The molecule has 7 nitrogen and oxygen atoms in total. The molecule has 0 radical (unpaired) electrons. The van der Waals surface area contributed by atoms with E-state index < -0.39 is 33.8 Å². The Morgan fingerprint density at radius 3 is 2.31 bits per heavy atom. The SMILES string of the molecule is CCOC(=O)c1ccccc1NC(=O)[C@@H](CC)N(c1ccccc1F)S(C)(=O)=O. The molecule has 0 heterocycles. The summed E-state index contributed by atoms with van der Waals surface area (Å²) in [7, 11) is -3.98. The molecule has 156 valence electrons. The van der Waals surface area contributed by atoms with Gasteiger partial charge in [-0.2, -0.15) is 0 Å². The Bertz CT molecular complexity index is 994. The molecule has 0 unspecified atom stereocenters. The van der Waals surface area contributed by atoms with Crippen LogP contribution in [0.5, 0.6) is 0 Å². The molecule has 0 aliphatic rings. The number of amides is 1. The number of rotatable bonds is 8. The standard InChI is InChI=1S/C20H23FN2O5S/c1-4-17(23(29(3,26)27)18-13-9-7-11-15(18)21)19(24)22-16-12-8-6-10-14(16)20(25)28-5-2/h6-13,17H,4-5H2,1-3H3,(H,22,24)/t17-/m1/s1. The third-order valence-corrected chi connectivity index (χ3v) is 5.27. The van der Waals surface area contributed by atoms with Crippen LogP contribution in [0.3, 0.4) is 0 Å². The summed E-state index contributed by atoms with van der Waals surface area (Å²) in [5.41, 5.74) is 0.0846. The predicted molar refractivity (Wildman–Crippen MR) is 109 cm³/mol. The van der Waals surface area contributed by atoms with Crippen molar-refractivity contribution < 1.29 is 27.1 Å². The first-order chi connectivity index (χ1) is 13.7. The molecular formula is C20H23FN2O5S. The van der Waals surface area contributed by atoms with Gasteiger partial charge in [-0.25, -0.2) is 17.6 Å². The number of carbonyl (C=O) groups excluding carboxylic acids is 2. The molecular weight excluding hydrogens is 399 g/mol. The Morgan fingerprint density at radius 2 is 1.72 bits per heavy atom. The van der Waals surface area contributed by atoms with Crippen LogP contribution >= 0.6 is 0 Å². The molecule has 0 saturated carbocycles. The summed E-state index contributed by atoms with van der Waals surface area (Å²) >= 11 is 0. The third-order valence-electron chi connectivity index (χ3n) is 4.10. The fourth-order valence-corrected chi connectivity index (χ4v) is 4.07. The Balaban J connectivity index is 2.42. The van der Waals surface area contributed by atoms with Gasteiger partial charge in [0, 0.05) is 0 Å². The molecule has 0 aromatic heterocycles. The fourth-order valence-electron chi connectivity index (χ4n) is 2.86. The van der Waals surface area contributed by atoms with Gasteiger partial charge < -0.3 is 10.1 Å². The van der Waals surface area contributed by atoms with Crippen molar-refractivity contribution in [3.05, 3.63) is 59.9 Å². The summed E-state index contributed by atoms with van der Waals surface area (Å²) in [5, 5.41) is 2.57. The molecule has 0 aliphatic heterocycles. The van der Waals surface area contributed by atoms with Gasteiger partial charge in [0.25, 0.3) is 0 Å². The highest BCUT2D eigenvalue weighted by molar-refractivity contribution is 7.92. The van der Waals surface area contributed by atoms with Crippen LogP contribution < -0.4 is 9.62 Å². The highest BCUT2D eigenvalue weighted by Gasteiger charge is 2.33. The van der Waals surface area contributed by atoms with Crippen LogP contribution in [-0.4, -0.2) is 39.2 Å². The number of esters is 1. The van der Waals surface area contributed by atoms with E-state index in [4.69, 9.17) is 4.74 Å². The molecule has 0 bridgehead atoms. The number of nitrogens with one attached hydrogen (secondary N) is 1. The smallest absolute Gasteiger partial charge is 0.340 e. The number of sulfonamides is 1. The minimum atomic E-state index is -3.98. The number of halogens is 1.